The monoisotopic (exact) mass is 374 g/mol. The van der Waals surface area contributed by atoms with Crippen LogP contribution in [-0.4, -0.2) is 40.7 Å². The highest BCUT2D eigenvalue weighted by Gasteiger charge is 2.57. The first-order chi connectivity index (χ1) is 13.7. The number of carbonyl (C=O) groups excluding carboxylic acids is 1. The van der Waals surface area contributed by atoms with E-state index >= 15 is 0 Å². The minimum absolute atomic E-state index is 0.107. The Kier molecular flexibility index (Phi) is 4.06. The summed E-state index contributed by atoms with van der Waals surface area (Å²) in [7, 11) is 0. The lowest BCUT2D eigenvalue weighted by Gasteiger charge is -2.38. The maximum Gasteiger partial charge on any atom is 0.257 e. The van der Waals surface area contributed by atoms with Crippen LogP contribution in [0.15, 0.2) is 48.5 Å². The number of amides is 1. The molecule has 0 saturated carbocycles. The summed E-state index contributed by atoms with van der Waals surface area (Å²) < 4.78 is 6.38. The van der Waals surface area contributed by atoms with Crippen LogP contribution in [0.1, 0.15) is 43.0 Å². The van der Waals surface area contributed by atoms with E-state index in [4.69, 9.17) is 10.00 Å². The molecule has 1 amide bonds. The number of carbonyl (C=O) groups is 1. The highest BCUT2D eigenvalue weighted by Crippen LogP contribution is 2.47. The number of anilines is 1. The van der Waals surface area contributed by atoms with Gasteiger partial charge >= 0.3 is 0 Å². The SMILES string of the molecule is N#Cc1cccc(N2CCC3(CC2)O[C@@H]2CC[C@@H](c4ccccc4)N2C3=O)n1. The summed E-state index contributed by atoms with van der Waals surface area (Å²) in [5.74, 6) is 0.934. The molecule has 1 spiro atoms. The van der Waals surface area contributed by atoms with E-state index in [1.54, 1.807) is 6.07 Å². The van der Waals surface area contributed by atoms with Gasteiger partial charge in [0.25, 0.3) is 5.91 Å². The second-order valence-electron chi connectivity index (χ2n) is 7.76. The lowest BCUT2D eigenvalue weighted by molar-refractivity contribution is -0.140. The zero-order chi connectivity index (χ0) is 19.1. The van der Waals surface area contributed by atoms with Crippen molar-refractivity contribution in [1.29, 1.82) is 5.26 Å². The molecular formula is C22H22N4O2. The molecule has 6 nitrogen and oxygen atoms in total. The van der Waals surface area contributed by atoms with Gasteiger partial charge in [-0.25, -0.2) is 4.98 Å². The number of pyridine rings is 1. The Balaban J connectivity index is 1.33. The van der Waals surface area contributed by atoms with Gasteiger partial charge in [-0.05, 0) is 30.5 Å². The molecular weight excluding hydrogens is 352 g/mol. The first-order valence-corrected chi connectivity index (χ1v) is 9.88. The third-order valence-electron chi connectivity index (χ3n) is 6.25. The van der Waals surface area contributed by atoms with E-state index in [0.29, 0.717) is 31.6 Å². The third-order valence-corrected chi connectivity index (χ3v) is 6.25. The molecule has 2 aromatic rings. The normalized spacial score (nSPS) is 25.8. The fourth-order valence-corrected chi connectivity index (χ4v) is 4.81. The van der Waals surface area contributed by atoms with Gasteiger partial charge in [0.1, 0.15) is 23.8 Å². The van der Waals surface area contributed by atoms with Crippen molar-refractivity contribution in [2.45, 2.75) is 43.6 Å². The molecule has 2 atom stereocenters. The molecule has 142 valence electrons. The number of benzene rings is 1. The van der Waals surface area contributed by atoms with Crippen LogP contribution in [0.2, 0.25) is 0 Å². The molecule has 6 heteroatoms. The van der Waals surface area contributed by atoms with Gasteiger partial charge in [-0.3, -0.25) is 4.79 Å². The summed E-state index contributed by atoms with van der Waals surface area (Å²) in [6.45, 7) is 1.40. The van der Waals surface area contributed by atoms with Gasteiger partial charge in [0, 0.05) is 25.9 Å². The van der Waals surface area contributed by atoms with Crippen LogP contribution in [0.3, 0.4) is 0 Å². The summed E-state index contributed by atoms with van der Waals surface area (Å²) in [6, 6.07) is 17.9. The number of piperidine rings is 1. The van der Waals surface area contributed by atoms with E-state index in [-0.39, 0.29) is 18.2 Å². The fraction of sp³-hybridized carbons (Fsp3) is 0.409. The zero-order valence-corrected chi connectivity index (χ0v) is 15.6. The van der Waals surface area contributed by atoms with Crippen LogP contribution >= 0.6 is 0 Å². The molecule has 3 fully saturated rings. The predicted molar refractivity (Wildman–Crippen MR) is 103 cm³/mol. The van der Waals surface area contributed by atoms with E-state index in [1.807, 2.05) is 35.2 Å². The number of aromatic nitrogens is 1. The smallest absolute Gasteiger partial charge is 0.257 e. The number of nitrogens with zero attached hydrogens (tertiary/aromatic N) is 4. The number of ether oxygens (including phenoxy) is 1. The van der Waals surface area contributed by atoms with Crippen LogP contribution in [0.25, 0.3) is 0 Å². The molecule has 0 aliphatic carbocycles. The maximum absolute atomic E-state index is 13.4. The topological polar surface area (TPSA) is 69.5 Å². The molecule has 0 N–H and O–H groups in total. The lowest BCUT2D eigenvalue weighted by atomic mass is 9.89. The van der Waals surface area contributed by atoms with Crippen LogP contribution in [0, 0.1) is 11.3 Å². The van der Waals surface area contributed by atoms with Crippen molar-refractivity contribution in [1.82, 2.24) is 9.88 Å². The first kappa shape index (κ1) is 17.2. The van der Waals surface area contributed by atoms with Crippen LogP contribution in [0.5, 0.6) is 0 Å². The van der Waals surface area contributed by atoms with Crippen molar-refractivity contribution in [3.8, 4) is 6.07 Å². The molecule has 0 unspecified atom stereocenters. The van der Waals surface area contributed by atoms with Crippen molar-refractivity contribution >= 4 is 11.7 Å². The van der Waals surface area contributed by atoms with Gasteiger partial charge in [0.15, 0.2) is 5.60 Å². The fourth-order valence-electron chi connectivity index (χ4n) is 4.81. The Bertz CT molecular complexity index is 931. The van der Waals surface area contributed by atoms with Crippen molar-refractivity contribution in [3.05, 3.63) is 59.8 Å². The van der Waals surface area contributed by atoms with Crippen LogP contribution in [0.4, 0.5) is 5.82 Å². The summed E-state index contributed by atoms with van der Waals surface area (Å²) >= 11 is 0. The Morgan fingerprint density at radius 3 is 2.61 bits per heavy atom. The number of rotatable bonds is 2. The quantitative estimate of drug-likeness (QED) is 0.808. The van der Waals surface area contributed by atoms with Crippen LogP contribution in [-0.2, 0) is 9.53 Å². The Labute approximate surface area is 164 Å². The van der Waals surface area contributed by atoms with E-state index in [2.05, 4.69) is 28.1 Å². The molecule has 1 aromatic carbocycles. The van der Waals surface area contributed by atoms with Gasteiger partial charge in [0.05, 0.1) is 6.04 Å². The predicted octanol–water partition coefficient (Wildman–Crippen LogP) is 3.01. The Morgan fingerprint density at radius 1 is 1.07 bits per heavy atom. The minimum Gasteiger partial charge on any atom is -0.356 e. The highest BCUT2D eigenvalue weighted by molar-refractivity contribution is 5.88. The van der Waals surface area contributed by atoms with Crippen molar-refractivity contribution < 1.29 is 9.53 Å². The minimum atomic E-state index is -0.707. The average molecular weight is 374 g/mol. The number of hydrogen-bond donors (Lipinski definition) is 0. The largest absolute Gasteiger partial charge is 0.356 e. The average Bonchev–Trinajstić information content (AvgIpc) is 3.27. The van der Waals surface area contributed by atoms with Gasteiger partial charge in [-0.15, -0.1) is 0 Å². The van der Waals surface area contributed by atoms with Gasteiger partial charge < -0.3 is 14.5 Å². The molecule has 3 aliphatic heterocycles. The summed E-state index contributed by atoms with van der Waals surface area (Å²) in [4.78, 5) is 21.9. The molecule has 5 rings (SSSR count). The van der Waals surface area contributed by atoms with Gasteiger partial charge in [0.2, 0.25) is 0 Å². The Hall–Kier alpha value is -2.91. The van der Waals surface area contributed by atoms with Crippen molar-refractivity contribution in [2.24, 2.45) is 0 Å². The maximum atomic E-state index is 13.4. The van der Waals surface area contributed by atoms with E-state index in [0.717, 1.165) is 18.7 Å². The second kappa shape index (κ2) is 6.61. The van der Waals surface area contributed by atoms with Gasteiger partial charge in [-0.1, -0.05) is 36.4 Å². The molecule has 3 aliphatic rings. The third kappa shape index (κ3) is 2.66. The van der Waals surface area contributed by atoms with E-state index in [9.17, 15) is 4.79 Å². The van der Waals surface area contributed by atoms with E-state index < -0.39 is 5.60 Å². The first-order valence-electron chi connectivity index (χ1n) is 9.88. The number of nitriles is 1. The lowest BCUT2D eigenvalue weighted by Crippen LogP contribution is -2.50. The van der Waals surface area contributed by atoms with Gasteiger partial charge in [-0.2, -0.15) is 5.26 Å². The van der Waals surface area contributed by atoms with Crippen LogP contribution < -0.4 is 4.90 Å². The number of hydrogen-bond acceptors (Lipinski definition) is 5. The summed E-state index contributed by atoms with van der Waals surface area (Å²) in [5.41, 5.74) is 0.896. The molecule has 1 aromatic heterocycles. The zero-order valence-electron chi connectivity index (χ0n) is 15.6. The molecule has 28 heavy (non-hydrogen) atoms. The second-order valence-corrected chi connectivity index (χ2v) is 7.76. The highest BCUT2D eigenvalue weighted by atomic mass is 16.6. The van der Waals surface area contributed by atoms with Crippen molar-refractivity contribution in [2.75, 3.05) is 18.0 Å². The number of fused-ring (bicyclic) bond motifs is 1. The standard InChI is InChI=1S/C22H22N4O2/c23-15-17-7-4-8-19(24-17)25-13-11-22(12-14-25)21(27)26-18(9-10-20(26)28-22)16-5-2-1-3-6-16/h1-8,18,20H,9-14H2/t18-,20+/m0/s1. The molecule has 3 saturated heterocycles. The molecule has 4 heterocycles. The molecule has 0 radical (unpaired) electrons. The summed E-state index contributed by atoms with van der Waals surface area (Å²) in [5, 5.41) is 9.07. The van der Waals surface area contributed by atoms with Crippen molar-refractivity contribution in [3.63, 3.8) is 0 Å². The van der Waals surface area contributed by atoms with E-state index in [1.165, 1.54) is 5.56 Å². The Morgan fingerprint density at radius 2 is 1.86 bits per heavy atom. The molecule has 0 bridgehead atoms. The summed E-state index contributed by atoms with van der Waals surface area (Å²) in [6.07, 6.45) is 3.04.